The molecule has 2 aromatic rings. The van der Waals surface area contributed by atoms with Crippen molar-refractivity contribution in [3.63, 3.8) is 0 Å². The van der Waals surface area contributed by atoms with E-state index in [2.05, 4.69) is 14.3 Å². The molecule has 10 heteroatoms. The van der Waals surface area contributed by atoms with E-state index in [0.717, 1.165) is 31.2 Å². The number of hydrogen-bond acceptors (Lipinski definition) is 6. The lowest BCUT2D eigenvalue weighted by Crippen LogP contribution is -2.48. The van der Waals surface area contributed by atoms with E-state index in [-0.39, 0.29) is 11.1 Å². The van der Waals surface area contributed by atoms with Crippen LogP contribution < -0.4 is 19.1 Å². The summed E-state index contributed by atoms with van der Waals surface area (Å²) in [4.78, 5) is 2.32. The van der Waals surface area contributed by atoms with Crippen LogP contribution in [0.2, 0.25) is 0 Å². The van der Waals surface area contributed by atoms with Gasteiger partial charge in [0.1, 0.15) is 16.4 Å². The smallest absolute Gasteiger partial charge is 0.244 e. The Balaban J connectivity index is 1.48. The lowest BCUT2D eigenvalue weighted by Gasteiger charge is -2.33. The molecule has 1 unspecified atom stereocenters. The second-order valence-electron chi connectivity index (χ2n) is 7.26. The molecule has 0 aliphatic carbocycles. The fourth-order valence-corrected chi connectivity index (χ4v) is 5.61. The van der Waals surface area contributed by atoms with Gasteiger partial charge in [-0.3, -0.25) is 0 Å². The SMILES string of the molecule is CS(=O)(=O)NCCc1ccc(Oc2ccc3c(c2)S(=O)(=O)NC2CCCN32)cc1. The lowest BCUT2D eigenvalue weighted by molar-refractivity contribution is 0.478. The zero-order valence-corrected chi connectivity index (χ0v) is 17.6. The van der Waals surface area contributed by atoms with Crippen LogP contribution in [0.1, 0.15) is 18.4 Å². The standard InChI is InChI=1S/C19H23N3O5S2/c1-28(23,24)20-11-10-14-4-6-15(7-5-14)27-16-8-9-17-18(13-16)29(25,26)21-19-3-2-12-22(17)19/h4-9,13,19-21H,2-3,10-12H2,1H3. The third kappa shape index (κ3) is 4.55. The molecule has 0 radical (unpaired) electrons. The second kappa shape index (κ2) is 7.60. The fourth-order valence-electron chi connectivity index (χ4n) is 3.67. The van der Waals surface area contributed by atoms with Crippen LogP contribution in [0.4, 0.5) is 5.69 Å². The molecule has 1 atom stereocenters. The normalized spacial score (nSPS) is 20.2. The van der Waals surface area contributed by atoms with Crippen molar-refractivity contribution >= 4 is 25.7 Å². The minimum atomic E-state index is -3.57. The molecule has 0 saturated carbocycles. The van der Waals surface area contributed by atoms with E-state index in [4.69, 9.17) is 4.74 Å². The summed E-state index contributed by atoms with van der Waals surface area (Å²) in [6, 6.07) is 12.4. The number of hydrogen-bond donors (Lipinski definition) is 2. The number of ether oxygens (including phenoxy) is 1. The monoisotopic (exact) mass is 437 g/mol. The Morgan fingerprint density at radius 2 is 1.90 bits per heavy atom. The Morgan fingerprint density at radius 1 is 1.17 bits per heavy atom. The molecule has 156 valence electrons. The van der Waals surface area contributed by atoms with Crippen LogP contribution >= 0.6 is 0 Å². The molecular formula is C19H23N3O5S2. The van der Waals surface area contributed by atoms with Crippen molar-refractivity contribution in [2.45, 2.75) is 30.3 Å². The third-order valence-electron chi connectivity index (χ3n) is 5.01. The largest absolute Gasteiger partial charge is 0.457 e. The van der Waals surface area contributed by atoms with E-state index in [9.17, 15) is 16.8 Å². The third-order valence-corrected chi connectivity index (χ3v) is 7.23. The van der Waals surface area contributed by atoms with Crippen LogP contribution in [0.3, 0.4) is 0 Å². The van der Waals surface area contributed by atoms with Crippen LogP contribution in [0, 0.1) is 0 Å². The Morgan fingerprint density at radius 3 is 2.62 bits per heavy atom. The number of sulfonamides is 2. The second-order valence-corrected chi connectivity index (χ2v) is 10.8. The summed E-state index contributed by atoms with van der Waals surface area (Å²) in [5, 5.41) is 0. The topological polar surface area (TPSA) is 105 Å². The number of rotatable bonds is 6. The van der Waals surface area contributed by atoms with Crippen LogP contribution in [0.5, 0.6) is 11.5 Å². The van der Waals surface area contributed by atoms with Crippen molar-refractivity contribution < 1.29 is 21.6 Å². The minimum absolute atomic E-state index is 0.163. The van der Waals surface area contributed by atoms with Crippen molar-refractivity contribution in [2.75, 3.05) is 24.2 Å². The van der Waals surface area contributed by atoms with Gasteiger partial charge in [0.2, 0.25) is 20.0 Å². The van der Waals surface area contributed by atoms with Crippen molar-refractivity contribution in [2.24, 2.45) is 0 Å². The first-order valence-corrected chi connectivity index (χ1v) is 12.7. The molecule has 2 aromatic carbocycles. The molecule has 8 nitrogen and oxygen atoms in total. The first kappa shape index (κ1) is 20.1. The van der Waals surface area contributed by atoms with E-state index in [1.54, 1.807) is 30.3 Å². The number of fused-ring (bicyclic) bond motifs is 3. The van der Waals surface area contributed by atoms with Gasteiger partial charge in [0, 0.05) is 19.2 Å². The molecule has 0 spiro atoms. The minimum Gasteiger partial charge on any atom is -0.457 e. The van der Waals surface area contributed by atoms with Crippen LogP contribution in [-0.2, 0) is 26.5 Å². The molecule has 2 aliphatic rings. The molecule has 2 aliphatic heterocycles. The van der Waals surface area contributed by atoms with E-state index in [1.807, 2.05) is 12.1 Å². The Kier molecular flexibility index (Phi) is 5.28. The highest BCUT2D eigenvalue weighted by molar-refractivity contribution is 7.89. The molecular weight excluding hydrogens is 414 g/mol. The molecule has 0 bridgehead atoms. The van der Waals surface area contributed by atoms with Crippen molar-refractivity contribution in [1.82, 2.24) is 9.44 Å². The molecule has 29 heavy (non-hydrogen) atoms. The number of benzene rings is 2. The van der Waals surface area contributed by atoms with E-state index in [1.165, 1.54) is 0 Å². The molecule has 2 heterocycles. The first-order valence-electron chi connectivity index (χ1n) is 9.36. The summed E-state index contributed by atoms with van der Waals surface area (Å²) < 4.78 is 58.4. The van der Waals surface area contributed by atoms with Gasteiger partial charge in [-0.05, 0) is 49.1 Å². The van der Waals surface area contributed by atoms with Crippen LogP contribution in [0.15, 0.2) is 47.4 Å². The van der Waals surface area contributed by atoms with Gasteiger partial charge >= 0.3 is 0 Å². The molecule has 0 amide bonds. The summed E-state index contributed by atoms with van der Waals surface area (Å²) in [7, 11) is -6.77. The Labute approximate surface area is 171 Å². The number of nitrogens with zero attached hydrogens (tertiary/aromatic N) is 1. The summed E-state index contributed by atoms with van der Waals surface area (Å²) in [5.41, 5.74) is 1.68. The van der Waals surface area contributed by atoms with Gasteiger partial charge in [-0.1, -0.05) is 12.1 Å². The molecule has 1 saturated heterocycles. The summed E-state index contributed by atoms with van der Waals surface area (Å²) in [5.74, 6) is 1.02. The van der Waals surface area contributed by atoms with Crippen LogP contribution in [-0.4, -0.2) is 42.3 Å². The van der Waals surface area contributed by atoms with Gasteiger partial charge < -0.3 is 9.64 Å². The summed E-state index contributed by atoms with van der Waals surface area (Å²) in [6.07, 6.45) is 3.29. The van der Waals surface area contributed by atoms with E-state index < -0.39 is 20.0 Å². The predicted octanol–water partition coefficient (Wildman–Crippen LogP) is 1.79. The maximum absolute atomic E-state index is 12.6. The van der Waals surface area contributed by atoms with E-state index in [0.29, 0.717) is 30.2 Å². The molecule has 1 fully saturated rings. The highest BCUT2D eigenvalue weighted by Gasteiger charge is 2.37. The highest BCUT2D eigenvalue weighted by Crippen LogP contribution is 2.38. The van der Waals surface area contributed by atoms with Gasteiger partial charge in [0.05, 0.1) is 18.1 Å². The van der Waals surface area contributed by atoms with Crippen molar-refractivity contribution in [3.05, 3.63) is 48.0 Å². The molecule has 2 N–H and O–H groups in total. The lowest BCUT2D eigenvalue weighted by atomic mass is 10.1. The number of anilines is 1. The van der Waals surface area contributed by atoms with E-state index >= 15 is 0 Å². The van der Waals surface area contributed by atoms with Gasteiger partial charge in [0.25, 0.3) is 0 Å². The molecule has 4 rings (SSSR count). The zero-order chi connectivity index (χ0) is 20.6. The van der Waals surface area contributed by atoms with Gasteiger partial charge in [-0.15, -0.1) is 0 Å². The summed E-state index contributed by atoms with van der Waals surface area (Å²) in [6.45, 7) is 1.16. The maximum atomic E-state index is 12.6. The highest BCUT2D eigenvalue weighted by atomic mass is 32.2. The average Bonchev–Trinajstić information content (AvgIpc) is 3.10. The fraction of sp³-hybridized carbons (Fsp3) is 0.368. The maximum Gasteiger partial charge on any atom is 0.244 e. The Hall–Kier alpha value is -2.14. The zero-order valence-electron chi connectivity index (χ0n) is 16.0. The predicted molar refractivity (Wildman–Crippen MR) is 110 cm³/mol. The van der Waals surface area contributed by atoms with Crippen molar-refractivity contribution in [3.8, 4) is 11.5 Å². The summed E-state index contributed by atoms with van der Waals surface area (Å²) >= 11 is 0. The molecule has 0 aromatic heterocycles. The van der Waals surface area contributed by atoms with Gasteiger partial charge in [-0.2, -0.15) is 4.72 Å². The quantitative estimate of drug-likeness (QED) is 0.714. The first-order chi connectivity index (χ1) is 13.7. The van der Waals surface area contributed by atoms with Gasteiger partial charge in [-0.25, -0.2) is 21.6 Å². The van der Waals surface area contributed by atoms with Crippen molar-refractivity contribution in [1.29, 1.82) is 0 Å². The van der Waals surface area contributed by atoms with Crippen LogP contribution in [0.25, 0.3) is 0 Å². The number of nitrogens with one attached hydrogen (secondary N) is 2. The average molecular weight is 438 g/mol. The van der Waals surface area contributed by atoms with Gasteiger partial charge in [0.15, 0.2) is 0 Å². The Bertz CT molecular complexity index is 1120.